The summed E-state index contributed by atoms with van der Waals surface area (Å²) >= 11 is 0. The van der Waals surface area contributed by atoms with Crippen LogP contribution in [0.3, 0.4) is 0 Å². The van der Waals surface area contributed by atoms with Crippen LogP contribution in [0.5, 0.6) is 5.75 Å². The molecule has 0 aliphatic carbocycles. The average molecular weight is 359 g/mol. The molecule has 0 radical (unpaired) electrons. The molecule has 0 saturated carbocycles. The molecule has 1 aromatic carbocycles. The number of aromatic nitrogens is 2. The first-order chi connectivity index (χ1) is 12.6. The predicted molar refractivity (Wildman–Crippen MR) is 90.7 cm³/mol. The van der Waals surface area contributed by atoms with E-state index >= 15 is 0 Å². The largest absolute Gasteiger partial charge is 0.429 e. The van der Waals surface area contributed by atoms with Crippen LogP contribution in [0.4, 0.5) is 0 Å². The van der Waals surface area contributed by atoms with E-state index in [1.54, 1.807) is 31.2 Å². The predicted octanol–water partition coefficient (Wildman–Crippen LogP) is 0.659. The van der Waals surface area contributed by atoms with Crippen molar-refractivity contribution in [3.63, 3.8) is 0 Å². The zero-order chi connectivity index (χ0) is 18.9. The lowest BCUT2D eigenvalue weighted by Gasteiger charge is -2.15. The molecule has 0 saturated heterocycles. The van der Waals surface area contributed by atoms with Gasteiger partial charge in [0.1, 0.15) is 11.8 Å². The van der Waals surface area contributed by atoms with Crippen molar-refractivity contribution in [2.24, 2.45) is 0 Å². The van der Waals surface area contributed by atoms with Gasteiger partial charge in [-0.3, -0.25) is 14.4 Å². The summed E-state index contributed by atoms with van der Waals surface area (Å²) in [6, 6.07) is 5.64. The lowest BCUT2D eigenvalue weighted by atomic mass is 10.2. The fourth-order valence-corrected chi connectivity index (χ4v) is 2.11. The van der Waals surface area contributed by atoms with Gasteiger partial charge < -0.3 is 19.8 Å². The summed E-state index contributed by atoms with van der Waals surface area (Å²) in [4.78, 5) is 34.0. The maximum Gasteiger partial charge on any atom is 0.298 e. The Labute approximate surface area is 150 Å². The molecule has 2 aromatic rings. The molecule has 0 unspecified atom stereocenters. The zero-order valence-electron chi connectivity index (χ0n) is 14.2. The number of rotatable bonds is 9. The Morgan fingerprint density at radius 1 is 1.31 bits per heavy atom. The van der Waals surface area contributed by atoms with Crippen molar-refractivity contribution in [3.8, 4) is 17.2 Å². The number of carbonyl (C=O) groups excluding carboxylic acids is 3. The van der Waals surface area contributed by atoms with Crippen LogP contribution in [-0.4, -0.2) is 41.1 Å². The van der Waals surface area contributed by atoms with E-state index in [2.05, 4.69) is 27.8 Å². The van der Waals surface area contributed by atoms with Crippen LogP contribution in [0.15, 0.2) is 28.7 Å². The van der Waals surface area contributed by atoms with Gasteiger partial charge in [0, 0.05) is 12.0 Å². The molecule has 2 rings (SSSR count). The first-order valence-electron chi connectivity index (χ1n) is 7.96. The van der Waals surface area contributed by atoms with Crippen LogP contribution in [0.2, 0.25) is 0 Å². The Balaban J connectivity index is 2.11. The topological polar surface area (TPSA) is 123 Å². The molecule has 2 amide bonds. The van der Waals surface area contributed by atoms with Crippen molar-refractivity contribution in [3.05, 3.63) is 37.1 Å². The molecule has 0 aliphatic rings. The number of ether oxygens (including phenoxy) is 1. The minimum absolute atomic E-state index is 0.0525. The first-order valence-corrected chi connectivity index (χ1v) is 7.96. The summed E-state index contributed by atoms with van der Waals surface area (Å²) in [5.74, 6) is 0.192. The van der Waals surface area contributed by atoms with Crippen LogP contribution in [0.1, 0.15) is 19.2 Å². The molecular weight excluding hydrogens is 340 g/mol. The van der Waals surface area contributed by atoms with Gasteiger partial charge in [-0.05, 0) is 24.3 Å². The van der Waals surface area contributed by atoms with Gasteiger partial charge in [0.15, 0.2) is 6.54 Å². The third kappa shape index (κ3) is 5.07. The van der Waals surface area contributed by atoms with Gasteiger partial charge >= 0.3 is 0 Å². The number of carbonyl (C=O) groups is 3. The second-order valence-electron chi connectivity index (χ2n) is 5.21. The van der Waals surface area contributed by atoms with Gasteiger partial charge in [-0.25, -0.2) is 0 Å². The second kappa shape index (κ2) is 9.21. The summed E-state index contributed by atoms with van der Waals surface area (Å²) in [5, 5.41) is 13.0. The lowest BCUT2D eigenvalue weighted by molar-refractivity contribution is -0.128. The third-order valence-electron chi connectivity index (χ3n) is 3.40. The second-order valence-corrected chi connectivity index (χ2v) is 5.21. The lowest BCUT2D eigenvalue weighted by Crippen LogP contribution is -2.47. The maximum atomic E-state index is 12.1. The number of hydrogen-bond donors (Lipinski definition) is 2. The highest BCUT2D eigenvalue weighted by Crippen LogP contribution is 2.21. The molecule has 0 aliphatic heterocycles. The normalized spacial score (nSPS) is 11.4. The minimum Gasteiger partial charge on any atom is -0.429 e. The van der Waals surface area contributed by atoms with Crippen molar-refractivity contribution < 1.29 is 23.5 Å². The smallest absolute Gasteiger partial charge is 0.298 e. The van der Waals surface area contributed by atoms with Crippen molar-refractivity contribution >= 4 is 18.3 Å². The zero-order valence-corrected chi connectivity index (χ0v) is 14.2. The van der Waals surface area contributed by atoms with Crippen LogP contribution in [0, 0.1) is 6.92 Å². The van der Waals surface area contributed by atoms with Crippen LogP contribution >= 0.6 is 0 Å². The van der Waals surface area contributed by atoms with Gasteiger partial charge in [0.05, 0.1) is 13.3 Å². The minimum atomic E-state index is -0.833. The molecule has 26 heavy (non-hydrogen) atoms. The summed E-state index contributed by atoms with van der Waals surface area (Å²) in [7, 11) is 0. The maximum absolute atomic E-state index is 12.1. The summed E-state index contributed by atoms with van der Waals surface area (Å²) < 4.78 is 10.3. The number of hydrogen-bond acceptors (Lipinski definition) is 7. The van der Waals surface area contributed by atoms with E-state index in [0.29, 0.717) is 17.8 Å². The van der Waals surface area contributed by atoms with E-state index in [9.17, 15) is 14.4 Å². The Morgan fingerprint density at radius 3 is 2.65 bits per heavy atom. The molecular formula is C17H19N4O5+. The Morgan fingerprint density at radius 2 is 2.04 bits per heavy atom. The Bertz CT molecular complexity index is 757. The highest BCUT2D eigenvalue weighted by molar-refractivity contribution is 5.87. The number of nitrogens with zero attached hydrogens (tertiary/aromatic N) is 2. The SMILES string of the molecule is [CH2+]CNC(=O)[C@H](Cc1nnc(-c2ccc(OC=O)cc2)o1)NC(=O)CC. The highest BCUT2D eigenvalue weighted by atomic mass is 16.5. The van der Waals surface area contributed by atoms with Gasteiger partial charge in [0.2, 0.25) is 23.6 Å². The van der Waals surface area contributed by atoms with Gasteiger partial charge in [-0.1, -0.05) is 6.92 Å². The monoisotopic (exact) mass is 359 g/mol. The molecule has 0 spiro atoms. The fourth-order valence-electron chi connectivity index (χ4n) is 2.11. The summed E-state index contributed by atoms with van der Waals surface area (Å²) in [5.41, 5.74) is 0.623. The summed E-state index contributed by atoms with van der Waals surface area (Å²) in [6.45, 7) is 5.77. The molecule has 9 heteroatoms. The van der Waals surface area contributed by atoms with Crippen LogP contribution < -0.4 is 15.4 Å². The van der Waals surface area contributed by atoms with E-state index in [1.807, 2.05) is 0 Å². The number of nitrogens with one attached hydrogen (secondary N) is 2. The van der Waals surface area contributed by atoms with Gasteiger partial charge in [-0.15, -0.1) is 10.2 Å². The van der Waals surface area contributed by atoms with E-state index in [-0.39, 0.29) is 43.0 Å². The van der Waals surface area contributed by atoms with E-state index < -0.39 is 6.04 Å². The molecule has 9 nitrogen and oxygen atoms in total. The molecule has 1 heterocycles. The number of benzene rings is 1. The quantitative estimate of drug-likeness (QED) is 0.498. The van der Waals surface area contributed by atoms with Crippen molar-refractivity contribution in [2.45, 2.75) is 25.8 Å². The molecule has 0 fully saturated rings. The van der Waals surface area contributed by atoms with Gasteiger partial charge in [-0.2, -0.15) is 0 Å². The average Bonchev–Trinajstić information content (AvgIpc) is 3.10. The Kier molecular flexibility index (Phi) is 6.72. The molecule has 2 N–H and O–H groups in total. The van der Waals surface area contributed by atoms with Crippen LogP contribution in [0.25, 0.3) is 11.5 Å². The first kappa shape index (κ1) is 19.0. The molecule has 1 atom stereocenters. The molecule has 136 valence electrons. The fraction of sp³-hybridized carbons (Fsp3) is 0.294. The molecule has 1 aromatic heterocycles. The molecule has 0 bridgehead atoms. The summed E-state index contributed by atoms with van der Waals surface area (Å²) in [6.07, 6.45) is 0.301. The van der Waals surface area contributed by atoms with E-state index in [1.165, 1.54) is 0 Å². The third-order valence-corrected chi connectivity index (χ3v) is 3.40. The van der Waals surface area contributed by atoms with E-state index in [4.69, 9.17) is 9.15 Å². The van der Waals surface area contributed by atoms with Crippen LogP contribution in [-0.2, 0) is 20.8 Å². The number of amides is 2. The van der Waals surface area contributed by atoms with Gasteiger partial charge in [0.25, 0.3) is 6.47 Å². The highest BCUT2D eigenvalue weighted by Gasteiger charge is 2.23. The van der Waals surface area contributed by atoms with Crippen molar-refractivity contribution in [1.29, 1.82) is 0 Å². The van der Waals surface area contributed by atoms with E-state index in [0.717, 1.165) is 0 Å². The standard InChI is InChI=1S/C17H18N4O5/c1-3-14(23)19-13(16(24)18-4-2)9-15-20-21-17(26-15)11-5-7-12(8-6-11)25-10-22/h5-8,10,13H,2-4,9H2,1H3,(H-,18,19,23,24)/p+1/t13-/m0/s1. The Hall–Kier alpha value is -3.36. The van der Waals surface area contributed by atoms with Crippen molar-refractivity contribution in [1.82, 2.24) is 20.8 Å². The van der Waals surface area contributed by atoms with Crippen molar-refractivity contribution in [2.75, 3.05) is 6.54 Å².